The molecule has 33 heavy (non-hydrogen) atoms. The summed E-state index contributed by atoms with van der Waals surface area (Å²) in [5.41, 5.74) is 3.87. The molecule has 0 amide bonds. The molecule has 4 rings (SSSR count). The molecule has 0 saturated heterocycles. The molecule has 0 aliphatic heterocycles. The summed E-state index contributed by atoms with van der Waals surface area (Å²) in [6.45, 7) is 2.34. The van der Waals surface area contributed by atoms with Crippen molar-refractivity contribution in [2.75, 3.05) is 11.9 Å². The fourth-order valence-electron chi connectivity index (χ4n) is 4.54. The molecule has 0 aromatic heterocycles. The standard InChI is InChI=1S/C31H32ClN/c1-24(33(2)30-22-19-26-14-9-10-15-28(26)23-30)31(27-17-20-29(32)21-18-27)16-8-4-7-13-25-11-5-3-6-12-25/h3,5-7,9-15,17-24,31H,4,8,16H2,1-2H3. The van der Waals surface area contributed by atoms with Crippen molar-refractivity contribution in [1.29, 1.82) is 0 Å². The normalized spacial score (nSPS) is 13.3. The average molecular weight is 454 g/mol. The third-order valence-electron chi connectivity index (χ3n) is 6.63. The average Bonchev–Trinajstić information content (AvgIpc) is 2.86. The maximum absolute atomic E-state index is 6.19. The second kappa shape index (κ2) is 11.2. The van der Waals surface area contributed by atoms with Crippen LogP contribution in [-0.2, 0) is 0 Å². The van der Waals surface area contributed by atoms with E-state index in [1.807, 2.05) is 12.1 Å². The van der Waals surface area contributed by atoms with Crippen LogP contribution in [0.15, 0.2) is 103 Å². The molecule has 0 heterocycles. The minimum Gasteiger partial charge on any atom is -0.371 e. The second-order valence-corrected chi connectivity index (χ2v) is 9.22. The van der Waals surface area contributed by atoms with Crippen LogP contribution in [-0.4, -0.2) is 13.1 Å². The molecule has 1 nitrogen and oxygen atoms in total. The highest BCUT2D eigenvalue weighted by molar-refractivity contribution is 6.30. The molecule has 0 aliphatic rings. The molecule has 4 aromatic rings. The van der Waals surface area contributed by atoms with E-state index in [4.69, 9.17) is 11.6 Å². The summed E-state index contributed by atoms with van der Waals surface area (Å²) in [5, 5.41) is 3.35. The van der Waals surface area contributed by atoms with Gasteiger partial charge in [0, 0.05) is 29.7 Å². The van der Waals surface area contributed by atoms with E-state index in [9.17, 15) is 0 Å². The van der Waals surface area contributed by atoms with Crippen molar-refractivity contribution in [2.45, 2.75) is 38.1 Å². The molecule has 0 saturated carbocycles. The van der Waals surface area contributed by atoms with E-state index in [0.717, 1.165) is 24.3 Å². The van der Waals surface area contributed by atoms with E-state index in [1.165, 1.54) is 27.6 Å². The number of fused-ring (bicyclic) bond motifs is 1. The number of unbranched alkanes of at least 4 members (excludes halogenated alkanes) is 1. The van der Waals surface area contributed by atoms with Gasteiger partial charge >= 0.3 is 0 Å². The van der Waals surface area contributed by atoms with Crippen molar-refractivity contribution in [2.24, 2.45) is 0 Å². The van der Waals surface area contributed by atoms with Crippen molar-refractivity contribution in [3.8, 4) is 0 Å². The van der Waals surface area contributed by atoms with Crippen LogP contribution in [0.25, 0.3) is 16.8 Å². The number of halogens is 1. The zero-order valence-electron chi connectivity index (χ0n) is 19.5. The predicted molar refractivity (Wildman–Crippen MR) is 145 cm³/mol. The van der Waals surface area contributed by atoms with Gasteiger partial charge in [-0.15, -0.1) is 0 Å². The van der Waals surface area contributed by atoms with Gasteiger partial charge in [-0.1, -0.05) is 96.5 Å². The van der Waals surface area contributed by atoms with Crippen molar-refractivity contribution in [1.82, 2.24) is 0 Å². The molecule has 2 unspecified atom stereocenters. The number of allylic oxidation sites excluding steroid dienone is 1. The fourth-order valence-corrected chi connectivity index (χ4v) is 4.66. The number of hydrogen-bond acceptors (Lipinski definition) is 1. The molecule has 4 aromatic carbocycles. The fraction of sp³-hybridized carbons (Fsp3) is 0.226. The molecule has 168 valence electrons. The van der Waals surface area contributed by atoms with Gasteiger partial charge in [0.25, 0.3) is 0 Å². The smallest absolute Gasteiger partial charge is 0.0406 e. The summed E-state index contributed by atoms with van der Waals surface area (Å²) < 4.78 is 0. The Morgan fingerprint density at radius 3 is 2.27 bits per heavy atom. The third kappa shape index (κ3) is 6.06. The van der Waals surface area contributed by atoms with Crippen LogP contribution in [0.4, 0.5) is 5.69 Å². The van der Waals surface area contributed by atoms with Crippen molar-refractivity contribution < 1.29 is 0 Å². The van der Waals surface area contributed by atoms with E-state index < -0.39 is 0 Å². The molecule has 0 aliphatic carbocycles. The first-order chi connectivity index (χ1) is 16.1. The van der Waals surface area contributed by atoms with Crippen LogP contribution < -0.4 is 4.90 Å². The molecule has 0 radical (unpaired) electrons. The van der Waals surface area contributed by atoms with E-state index in [1.54, 1.807) is 0 Å². The molecule has 2 heteroatoms. The lowest BCUT2D eigenvalue weighted by atomic mass is 9.86. The van der Waals surface area contributed by atoms with Gasteiger partial charge in [0.05, 0.1) is 0 Å². The summed E-state index contributed by atoms with van der Waals surface area (Å²) in [5.74, 6) is 0.420. The van der Waals surface area contributed by atoms with Gasteiger partial charge in [-0.3, -0.25) is 0 Å². The third-order valence-corrected chi connectivity index (χ3v) is 6.88. The first-order valence-corrected chi connectivity index (χ1v) is 12.2. The van der Waals surface area contributed by atoms with Gasteiger partial charge < -0.3 is 4.90 Å². The molecular formula is C31H32ClN. The van der Waals surface area contributed by atoms with E-state index in [0.29, 0.717) is 12.0 Å². The van der Waals surface area contributed by atoms with Gasteiger partial charge in [-0.05, 0) is 72.4 Å². The number of nitrogens with zero attached hydrogens (tertiary/aromatic N) is 1. The Balaban J connectivity index is 1.49. The predicted octanol–water partition coefficient (Wildman–Crippen LogP) is 8.99. The Bertz CT molecular complexity index is 1180. The molecular weight excluding hydrogens is 422 g/mol. The Morgan fingerprint density at radius 2 is 1.52 bits per heavy atom. The number of hydrogen-bond donors (Lipinski definition) is 0. The Hall–Kier alpha value is -3.03. The van der Waals surface area contributed by atoms with Gasteiger partial charge in [-0.2, -0.15) is 0 Å². The zero-order chi connectivity index (χ0) is 23.0. The molecule has 0 spiro atoms. The van der Waals surface area contributed by atoms with Gasteiger partial charge in [0.1, 0.15) is 0 Å². The van der Waals surface area contributed by atoms with Crippen LogP contribution in [0.1, 0.15) is 43.2 Å². The van der Waals surface area contributed by atoms with E-state index >= 15 is 0 Å². The van der Waals surface area contributed by atoms with Gasteiger partial charge in [0.15, 0.2) is 0 Å². The summed E-state index contributed by atoms with van der Waals surface area (Å²) in [6.07, 6.45) is 7.87. The van der Waals surface area contributed by atoms with Crippen LogP contribution in [0.2, 0.25) is 5.02 Å². The monoisotopic (exact) mass is 453 g/mol. The first-order valence-electron chi connectivity index (χ1n) is 11.8. The maximum Gasteiger partial charge on any atom is 0.0406 e. The van der Waals surface area contributed by atoms with Gasteiger partial charge in [0.2, 0.25) is 0 Å². The summed E-state index contributed by atoms with van der Waals surface area (Å²) in [6, 6.07) is 34.6. The quantitative estimate of drug-likeness (QED) is 0.228. The zero-order valence-corrected chi connectivity index (χ0v) is 20.2. The largest absolute Gasteiger partial charge is 0.371 e. The molecule has 0 fully saturated rings. The minimum atomic E-state index is 0.352. The van der Waals surface area contributed by atoms with Crippen LogP contribution in [0.3, 0.4) is 0 Å². The Labute approximate surface area is 203 Å². The molecule has 0 N–H and O–H groups in total. The van der Waals surface area contributed by atoms with Crippen LogP contribution >= 0.6 is 11.6 Å². The Morgan fingerprint density at radius 1 is 0.818 bits per heavy atom. The lowest BCUT2D eigenvalue weighted by Gasteiger charge is -2.34. The highest BCUT2D eigenvalue weighted by atomic mass is 35.5. The number of anilines is 1. The van der Waals surface area contributed by atoms with E-state index in [-0.39, 0.29) is 0 Å². The highest BCUT2D eigenvalue weighted by Gasteiger charge is 2.23. The maximum atomic E-state index is 6.19. The van der Waals surface area contributed by atoms with Crippen molar-refractivity contribution in [3.05, 3.63) is 119 Å². The number of benzene rings is 4. The lowest BCUT2D eigenvalue weighted by molar-refractivity contribution is 0.497. The van der Waals surface area contributed by atoms with Crippen molar-refractivity contribution in [3.63, 3.8) is 0 Å². The molecule has 0 bridgehead atoms. The van der Waals surface area contributed by atoms with Crippen LogP contribution in [0, 0.1) is 0 Å². The topological polar surface area (TPSA) is 3.24 Å². The van der Waals surface area contributed by atoms with Crippen LogP contribution in [0.5, 0.6) is 0 Å². The summed E-state index contributed by atoms with van der Waals surface area (Å²) in [7, 11) is 2.22. The summed E-state index contributed by atoms with van der Waals surface area (Å²) >= 11 is 6.19. The molecule has 2 atom stereocenters. The van der Waals surface area contributed by atoms with Gasteiger partial charge in [-0.25, -0.2) is 0 Å². The minimum absolute atomic E-state index is 0.352. The number of rotatable bonds is 9. The Kier molecular flexibility index (Phi) is 7.86. The first kappa shape index (κ1) is 23.1. The summed E-state index contributed by atoms with van der Waals surface area (Å²) in [4.78, 5) is 2.42. The highest BCUT2D eigenvalue weighted by Crippen LogP contribution is 2.32. The van der Waals surface area contributed by atoms with Crippen molar-refractivity contribution >= 4 is 34.1 Å². The SMILES string of the molecule is CC(C(CCCC=Cc1ccccc1)c1ccc(Cl)cc1)N(C)c1ccc2ccccc2c1. The lowest BCUT2D eigenvalue weighted by Crippen LogP contribution is -2.34. The second-order valence-electron chi connectivity index (χ2n) is 8.78. The van der Waals surface area contributed by atoms with E-state index in [2.05, 4.69) is 116 Å². The number of likely N-dealkylation sites (N-methyl/N-ethyl adjacent to an activating group) is 1.